The van der Waals surface area contributed by atoms with Crippen LogP contribution in [0.3, 0.4) is 0 Å². The van der Waals surface area contributed by atoms with Gasteiger partial charge in [-0.2, -0.15) is 0 Å². The number of nitrogens with zero attached hydrogens (tertiary/aromatic N) is 1. The molecule has 2 amide bonds. The number of carbonyl (C=O) groups excluding carboxylic acids is 3. The third-order valence-corrected chi connectivity index (χ3v) is 12.5. The fraction of sp³-hybridized carbons (Fsp3) is 0.667. The molecular weight excluding hydrogens is 520 g/mol. The van der Waals surface area contributed by atoms with Crippen LogP contribution < -0.4 is 5.73 Å². The molecule has 8 atom stereocenters. The lowest BCUT2D eigenvalue weighted by Crippen LogP contribution is -2.65. The van der Waals surface area contributed by atoms with Gasteiger partial charge in [-0.05, 0) is 90.8 Å². The van der Waals surface area contributed by atoms with Crippen LogP contribution in [0.15, 0.2) is 46.3 Å². The van der Waals surface area contributed by atoms with Gasteiger partial charge >= 0.3 is 12.0 Å². The van der Waals surface area contributed by atoms with Crippen LogP contribution in [0.25, 0.3) is 0 Å². The summed E-state index contributed by atoms with van der Waals surface area (Å²) >= 11 is 0. The van der Waals surface area contributed by atoms with Crippen LogP contribution in [-0.4, -0.2) is 58.7 Å². The van der Waals surface area contributed by atoms with Crippen molar-refractivity contribution in [2.45, 2.75) is 92.2 Å². The van der Waals surface area contributed by atoms with Crippen LogP contribution in [0.2, 0.25) is 0 Å². The van der Waals surface area contributed by atoms with E-state index in [1.807, 2.05) is 6.92 Å². The van der Waals surface area contributed by atoms with E-state index >= 15 is 0 Å². The standard InChI is InChI=1S/C33H46N2O6/c1-18-14-26-30(3,16-22(18)35(29(34)40)23(17-36)28(39)41-7)10-12-32(5)25-9-8-20-19(2)27(38)24(37)15-21(20)31(25,4)11-13-33(26,32)6/h8-9,15,18,22-23,26,36,38H,10-14,16-17H2,1-7H3,(H2,34,40)/t18-,22?,23+,26-,30+,31+,32-,33+/m1/s1. The average Bonchev–Trinajstić information content (AvgIpc) is 2.92. The van der Waals surface area contributed by atoms with Gasteiger partial charge in [0.25, 0.3) is 0 Å². The number of ketones is 1. The van der Waals surface area contributed by atoms with Crippen LogP contribution in [0.4, 0.5) is 4.79 Å². The predicted molar refractivity (Wildman–Crippen MR) is 155 cm³/mol. The number of methoxy groups -OCH3 is 1. The van der Waals surface area contributed by atoms with Crippen molar-refractivity contribution >= 4 is 17.8 Å². The predicted octanol–water partition coefficient (Wildman–Crippen LogP) is 5.14. The third-order valence-electron chi connectivity index (χ3n) is 12.5. The number of esters is 1. The largest absolute Gasteiger partial charge is 0.504 e. The fourth-order valence-corrected chi connectivity index (χ4v) is 9.90. The average molecular weight is 567 g/mol. The summed E-state index contributed by atoms with van der Waals surface area (Å²) in [6, 6.07) is -2.12. The number of allylic oxidation sites excluding steroid dienone is 7. The molecule has 0 aromatic heterocycles. The number of fused-ring (bicyclic) bond motifs is 7. The summed E-state index contributed by atoms with van der Waals surface area (Å²) in [5.74, 6) is -0.707. The highest BCUT2D eigenvalue weighted by atomic mass is 16.5. The van der Waals surface area contributed by atoms with Crippen molar-refractivity contribution < 1.29 is 29.3 Å². The number of hydrogen-bond acceptors (Lipinski definition) is 6. The van der Waals surface area contributed by atoms with Gasteiger partial charge in [-0.25, -0.2) is 9.59 Å². The van der Waals surface area contributed by atoms with E-state index < -0.39 is 24.6 Å². The molecule has 0 aliphatic heterocycles. The van der Waals surface area contributed by atoms with E-state index in [0.29, 0.717) is 17.9 Å². The first-order valence-electron chi connectivity index (χ1n) is 15.0. The highest BCUT2D eigenvalue weighted by molar-refractivity contribution is 6.06. The zero-order chi connectivity index (χ0) is 30.3. The quantitative estimate of drug-likeness (QED) is 0.404. The first-order valence-corrected chi connectivity index (χ1v) is 15.0. The van der Waals surface area contributed by atoms with Gasteiger partial charge in [0.05, 0.1) is 13.7 Å². The number of aliphatic hydroxyl groups is 2. The Morgan fingerprint density at radius 1 is 1.15 bits per heavy atom. The summed E-state index contributed by atoms with van der Waals surface area (Å²) in [6.45, 7) is 12.9. The molecule has 0 spiro atoms. The number of urea groups is 1. The molecule has 0 aromatic carbocycles. The van der Waals surface area contributed by atoms with Gasteiger partial charge in [0.15, 0.2) is 11.8 Å². The van der Waals surface area contributed by atoms with Crippen molar-refractivity contribution in [3.05, 3.63) is 46.3 Å². The lowest BCUT2D eigenvalue weighted by molar-refractivity contribution is -0.166. The normalized spacial score (nSPS) is 40.5. The molecule has 224 valence electrons. The summed E-state index contributed by atoms with van der Waals surface area (Å²) < 4.78 is 4.91. The Labute approximate surface area is 243 Å². The minimum atomic E-state index is -1.12. The molecule has 5 aliphatic rings. The lowest BCUT2D eigenvalue weighted by Gasteiger charge is -2.70. The molecule has 41 heavy (non-hydrogen) atoms. The molecule has 5 rings (SSSR count). The van der Waals surface area contributed by atoms with E-state index in [4.69, 9.17) is 10.5 Å². The number of aliphatic hydroxyl groups excluding tert-OH is 2. The maximum Gasteiger partial charge on any atom is 0.331 e. The first-order chi connectivity index (χ1) is 19.1. The lowest BCUT2D eigenvalue weighted by atomic mass is 9.35. The second-order valence-corrected chi connectivity index (χ2v) is 14.3. The molecule has 0 saturated heterocycles. The minimum Gasteiger partial charge on any atom is -0.504 e. The van der Waals surface area contributed by atoms with E-state index in [1.165, 1.54) is 17.6 Å². The monoisotopic (exact) mass is 566 g/mol. The van der Waals surface area contributed by atoms with Crippen LogP contribution in [0.5, 0.6) is 0 Å². The Hall–Kier alpha value is -2.87. The summed E-state index contributed by atoms with van der Waals surface area (Å²) in [4.78, 5) is 39.3. The van der Waals surface area contributed by atoms with Crippen molar-refractivity contribution in [3.8, 4) is 0 Å². The number of primary amides is 1. The van der Waals surface area contributed by atoms with Crippen LogP contribution >= 0.6 is 0 Å². The number of ether oxygens (including phenoxy) is 1. The summed E-state index contributed by atoms with van der Waals surface area (Å²) in [5.41, 5.74) is 9.34. The van der Waals surface area contributed by atoms with Gasteiger partial charge in [-0.15, -0.1) is 0 Å². The van der Waals surface area contributed by atoms with E-state index in [1.54, 1.807) is 6.08 Å². The molecule has 8 heteroatoms. The van der Waals surface area contributed by atoms with Gasteiger partial charge in [0.1, 0.15) is 0 Å². The SMILES string of the molecule is COC(=O)[C@H](CO)N(C(N)=O)C1C[C@]2(C)CC[C@]3(C)C4=CC=C5C(=CC(=O)C(O)=C5C)[C@]4(C)CC[C@@]3(C)[C@@H]2C[C@H]1C. The highest BCUT2D eigenvalue weighted by Crippen LogP contribution is 2.75. The molecule has 0 heterocycles. The topological polar surface area (TPSA) is 130 Å². The molecule has 1 unspecified atom stereocenters. The molecule has 8 nitrogen and oxygen atoms in total. The van der Waals surface area contributed by atoms with Gasteiger partial charge in [0.2, 0.25) is 5.78 Å². The molecular formula is C33H46N2O6. The van der Waals surface area contributed by atoms with Gasteiger partial charge in [-0.1, -0.05) is 52.3 Å². The van der Waals surface area contributed by atoms with Crippen LogP contribution in [0, 0.1) is 33.5 Å². The van der Waals surface area contributed by atoms with Crippen molar-refractivity contribution in [1.82, 2.24) is 4.90 Å². The minimum absolute atomic E-state index is 0.0293. The molecule has 0 bridgehead atoms. The van der Waals surface area contributed by atoms with Crippen molar-refractivity contribution in [2.75, 3.05) is 13.7 Å². The maximum atomic E-state index is 12.7. The Kier molecular flexibility index (Phi) is 6.92. The zero-order valence-corrected chi connectivity index (χ0v) is 25.5. The number of hydrogen-bond donors (Lipinski definition) is 3. The molecule has 3 saturated carbocycles. The van der Waals surface area contributed by atoms with E-state index in [2.05, 4.69) is 46.8 Å². The molecule has 3 fully saturated rings. The van der Waals surface area contributed by atoms with E-state index in [0.717, 1.165) is 43.3 Å². The Morgan fingerprint density at radius 2 is 1.83 bits per heavy atom. The van der Waals surface area contributed by atoms with Crippen molar-refractivity contribution in [3.63, 3.8) is 0 Å². The fourth-order valence-electron chi connectivity index (χ4n) is 9.90. The van der Waals surface area contributed by atoms with Crippen molar-refractivity contribution in [2.24, 2.45) is 39.2 Å². The first kappa shape index (κ1) is 29.6. The zero-order valence-electron chi connectivity index (χ0n) is 25.5. The highest BCUT2D eigenvalue weighted by Gasteiger charge is 2.67. The van der Waals surface area contributed by atoms with Gasteiger partial charge < -0.3 is 25.6 Å². The third kappa shape index (κ3) is 3.92. The van der Waals surface area contributed by atoms with E-state index in [-0.39, 0.29) is 45.2 Å². The maximum absolute atomic E-state index is 12.7. The Bertz CT molecular complexity index is 1330. The molecule has 5 aliphatic carbocycles. The number of nitrogens with two attached hydrogens (primary N) is 1. The Morgan fingerprint density at radius 3 is 2.44 bits per heavy atom. The Balaban J connectivity index is 1.53. The van der Waals surface area contributed by atoms with Crippen LogP contribution in [-0.2, 0) is 14.3 Å². The van der Waals surface area contributed by atoms with Gasteiger partial charge in [-0.3, -0.25) is 4.79 Å². The summed E-state index contributed by atoms with van der Waals surface area (Å²) in [5, 5.41) is 20.4. The van der Waals surface area contributed by atoms with Gasteiger partial charge in [0, 0.05) is 17.0 Å². The van der Waals surface area contributed by atoms with Crippen LogP contribution in [0.1, 0.15) is 80.1 Å². The molecule has 0 radical (unpaired) electrons. The summed E-state index contributed by atoms with van der Waals surface area (Å²) in [6.07, 6.45) is 11.4. The summed E-state index contributed by atoms with van der Waals surface area (Å²) in [7, 11) is 1.25. The number of amides is 2. The van der Waals surface area contributed by atoms with Crippen molar-refractivity contribution in [1.29, 1.82) is 0 Å². The second-order valence-electron chi connectivity index (χ2n) is 14.3. The molecule has 4 N–H and O–H groups in total. The van der Waals surface area contributed by atoms with E-state index in [9.17, 15) is 24.6 Å². The smallest absolute Gasteiger partial charge is 0.331 e. The molecule has 0 aromatic rings. The second kappa shape index (κ2) is 9.58. The number of rotatable bonds is 4. The number of carbonyl (C=O) groups is 3.